The molecule has 0 fully saturated rings. The highest BCUT2D eigenvalue weighted by Gasteiger charge is 2.17. The molecule has 10 rings (SSSR count). The van der Waals surface area contributed by atoms with E-state index in [0.717, 1.165) is 0 Å². The lowest BCUT2D eigenvalue weighted by Crippen LogP contribution is -1.91. The van der Waals surface area contributed by atoms with Gasteiger partial charge in [0.05, 0.1) is 0 Å². The van der Waals surface area contributed by atoms with E-state index in [1.54, 1.807) is 0 Å². The lowest BCUT2D eigenvalue weighted by Gasteiger charge is -2.18. The highest BCUT2D eigenvalue weighted by atomic mass is 14.2. The SMILES string of the molecule is c1ccc(-c2cccc(-c3c4ccccc4c(-c4ccc5ccc(-c6cccc(-c7ccc8ccccc8c7)c6)cc5c4)c4ccccc34)c2)cc1. The van der Waals surface area contributed by atoms with Gasteiger partial charge < -0.3 is 0 Å². The summed E-state index contributed by atoms with van der Waals surface area (Å²) in [6.07, 6.45) is 0. The minimum atomic E-state index is 1.22. The Morgan fingerprint density at radius 2 is 0.519 bits per heavy atom. The van der Waals surface area contributed by atoms with E-state index in [1.165, 1.54) is 98.7 Å². The molecule has 0 radical (unpaired) electrons. The van der Waals surface area contributed by atoms with Crippen LogP contribution in [0.25, 0.3) is 98.7 Å². The molecule has 0 aliphatic heterocycles. The monoisotopic (exact) mass is 658 g/mol. The van der Waals surface area contributed by atoms with E-state index in [1.807, 2.05) is 0 Å². The average Bonchev–Trinajstić information content (AvgIpc) is 3.22. The topological polar surface area (TPSA) is 0 Å². The van der Waals surface area contributed by atoms with E-state index in [0.29, 0.717) is 0 Å². The quantitative estimate of drug-likeness (QED) is 0.161. The standard InChI is InChI=1S/C52H34/c1-2-12-35(13-3-1)39-16-11-19-44(32-39)51-47-20-6-8-22-49(47)52(50-23-9-7-21-48(50)51)45-29-26-37-25-28-43(33-46(37)34-45)41-18-10-17-40(31-41)42-27-24-36-14-4-5-15-38(36)30-42/h1-34H. The maximum atomic E-state index is 2.38. The van der Waals surface area contributed by atoms with Gasteiger partial charge in [-0.1, -0.05) is 176 Å². The first kappa shape index (κ1) is 30.1. The van der Waals surface area contributed by atoms with E-state index >= 15 is 0 Å². The molecule has 0 unspecified atom stereocenters. The summed E-state index contributed by atoms with van der Waals surface area (Å²) in [5, 5.41) is 10.1. The molecule has 0 aromatic heterocycles. The largest absolute Gasteiger partial charge is 0.0622 e. The molecule has 0 aliphatic rings. The average molecular weight is 659 g/mol. The fraction of sp³-hybridized carbons (Fsp3) is 0. The second-order valence-corrected chi connectivity index (χ2v) is 13.7. The summed E-state index contributed by atoms with van der Waals surface area (Å²) >= 11 is 0. The van der Waals surface area contributed by atoms with E-state index in [4.69, 9.17) is 0 Å². The van der Waals surface area contributed by atoms with Gasteiger partial charge in [0.15, 0.2) is 0 Å². The van der Waals surface area contributed by atoms with Gasteiger partial charge >= 0.3 is 0 Å². The summed E-state index contributed by atoms with van der Waals surface area (Å²) in [5.74, 6) is 0. The van der Waals surface area contributed by atoms with Crippen LogP contribution in [0, 0.1) is 0 Å². The predicted octanol–water partition coefficient (Wildman–Crippen LogP) is 14.6. The van der Waals surface area contributed by atoms with Crippen LogP contribution < -0.4 is 0 Å². The number of hydrogen-bond acceptors (Lipinski definition) is 0. The molecule has 0 N–H and O–H groups in total. The Morgan fingerprint density at radius 1 is 0.173 bits per heavy atom. The highest BCUT2D eigenvalue weighted by molar-refractivity contribution is 6.21. The zero-order valence-electron chi connectivity index (χ0n) is 28.6. The van der Waals surface area contributed by atoms with Crippen molar-refractivity contribution in [3.8, 4) is 55.6 Å². The van der Waals surface area contributed by atoms with Gasteiger partial charge in [-0.15, -0.1) is 0 Å². The third-order valence-corrected chi connectivity index (χ3v) is 10.6. The van der Waals surface area contributed by atoms with Crippen LogP contribution in [-0.4, -0.2) is 0 Å². The summed E-state index contributed by atoms with van der Waals surface area (Å²) in [5.41, 5.74) is 12.4. The van der Waals surface area contributed by atoms with Gasteiger partial charge in [-0.2, -0.15) is 0 Å². The third-order valence-electron chi connectivity index (χ3n) is 10.6. The Morgan fingerprint density at radius 3 is 1.12 bits per heavy atom. The van der Waals surface area contributed by atoms with E-state index in [2.05, 4.69) is 206 Å². The first-order valence-electron chi connectivity index (χ1n) is 18.0. The van der Waals surface area contributed by atoms with Crippen molar-refractivity contribution >= 4 is 43.1 Å². The lowest BCUT2D eigenvalue weighted by molar-refractivity contribution is 1.61. The molecule has 0 saturated carbocycles. The van der Waals surface area contributed by atoms with Crippen molar-refractivity contribution in [2.24, 2.45) is 0 Å². The normalized spacial score (nSPS) is 11.5. The molecule has 0 spiro atoms. The first-order chi connectivity index (χ1) is 25.8. The molecular weight excluding hydrogens is 625 g/mol. The number of fused-ring (bicyclic) bond motifs is 4. The fourth-order valence-corrected chi connectivity index (χ4v) is 8.06. The summed E-state index contributed by atoms with van der Waals surface area (Å²) in [6, 6.07) is 75.6. The summed E-state index contributed by atoms with van der Waals surface area (Å²) in [6.45, 7) is 0. The molecule has 0 nitrogen and oxygen atoms in total. The van der Waals surface area contributed by atoms with Crippen molar-refractivity contribution < 1.29 is 0 Å². The van der Waals surface area contributed by atoms with Crippen molar-refractivity contribution in [3.05, 3.63) is 206 Å². The molecule has 242 valence electrons. The molecular formula is C52H34. The molecule has 0 aliphatic carbocycles. The Kier molecular flexibility index (Phi) is 7.25. The minimum Gasteiger partial charge on any atom is -0.0622 e. The predicted molar refractivity (Wildman–Crippen MR) is 224 cm³/mol. The van der Waals surface area contributed by atoms with Crippen LogP contribution >= 0.6 is 0 Å². The molecule has 0 bridgehead atoms. The van der Waals surface area contributed by atoms with Crippen molar-refractivity contribution in [2.75, 3.05) is 0 Å². The Hall–Kier alpha value is -6.76. The molecule has 10 aromatic carbocycles. The zero-order valence-corrected chi connectivity index (χ0v) is 28.6. The maximum absolute atomic E-state index is 2.38. The summed E-state index contributed by atoms with van der Waals surface area (Å²) < 4.78 is 0. The van der Waals surface area contributed by atoms with Crippen molar-refractivity contribution in [1.29, 1.82) is 0 Å². The second kappa shape index (κ2) is 12.5. The van der Waals surface area contributed by atoms with Crippen LogP contribution in [0.4, 0.5) is 0 Å². The van der Waals surface area contributed by atoms with Gasteiger partial charge in [0.2, 0.25) is 0 Å². The Balaban J connectivity index is 1.11. The van der Waals surface area contributed by atoms with Crippen molar-refractivity contribution in [2.45, 2.75) is 0 Å². The first-order valence-corrected chi connectivity index (χ1v) is 18.0. The summed E-state index contributed by atoms with van der Waals surface area (Å²) in [7, 11) is 0. The van der Waals surface area contributed by atoms with Gasteiger partial charge in [0, 0.05) is 0 Å². The van der Waals surface area contributed by atoms with Gasteiger partial charge in [0.25, 0.3) is 0 Å². The molecule has 0 heteroatoms. The van der Waals surface area contributed by atoms with Gasteiger partial charge in [-0.05, 0) is 129 Å². The highest BCUT2D eigenvalue weighted by Crippen LogP contribution is 2.45. The Bertz CT molecular complexity index is 2890. The van der Waals surface area contributed by atoms with E-state index in [9.17, 15) is 0 Å². The molecule has 10 aromatic rings. The van der Waals surface area contributed by atoms with Crippen molar-refractivity contribution in [3.63, 3.8) is 0 Å². The second-order valence-electron chi connectivity index (χ2n) is 13.7. The molecule has 0 heterocycles. The third kappa shape index (κ3) is 5.25. The maximum Gasteiger partial charge on any atom is -0.00262 e. The van der Waals surface area contributed by atoms with Crippen LogP contribution in [0.15, 0.2) is 206 Å². The molecule has 0 atom stereocenters. The Labute approximate surface area is 303 Å². The van der Waals surface area contributed by atoms with Gasteiger partial charge in [-0.3, -0.25) is 0 Å². The van der Waals surface area contributed by atoms with Crippen LogP contribution in [0.1, 0.15) is 0 Å². The van der Waals surface area contributed by atoms with Crippen LogP contribution in [0.2, 0.25) is 0 Å². The summed E-state index contributed by atoms with van der Waals surface area (Å²) in [4.78, 5) is 0. The van der Waals surface area contributed by atoms with Crippen LogP contribution in [0.3, 0.4) is 0 Å². The minimum absolute atomic E-state index is 1.22. The van der Waals surface area contributed by atoms with Crippen LogP contribution in [0.5, 0.6) is 0 Å². The number of rotatable bonds is 5. The fourth-order valence-electron chi connectivity index (χ4n) is 8.06. The lowest BCUT2D eigenvalue weighted by atomic mass is 9.85. The van der Waals surface area contributed by atoms with Gasteiger partial charge in [0.1, 0.15) is 0 Å². The zero-order chi connectivity index (χ0) is 34.4. The number of hydrogen-bond donors (Lipinski definition) is 0. The van der Waals surface area contributed by atoms with Crippen molar-refractivity contribution in [1.82, 2.24) is 0 Å². The van der Waals surface area contributed by atoms with Gasteiger partial charge in [-0.25, -0.2) is 0 Å². The molecule has 0 amide bonds. The van der Waals surface area contributed by atoms with E-state index in [-0.39, 0.29) is 0 Å². The molecule has 0 saturated heterocycles. The smallest absolute Gasteiger partial charge is 0.00262 e. The van der Waals surface area contributed by atoms with Crippen LogP contribution in [-0.2, 0) is 0 Å². The molecule has 52 heavy (non-hydrogen) atoms. The van der Waals surface area contributed by atoms with E-state index < -0.39 is 0 Å². The number of benzene rings is 10.